The van der Waals surface area contributed by atoms with Gasteiger partial charge >= 0.3 is 0 Å². The molecule has 2 aromatic heterocycles. The Hall–Kier alpha value is -2.47. The number of benzene rings is 1. The van der Waals surface area contributed by atoms with Gasteiger partial charge < -0.3 is 9.13 Å². The molecule has 0 aliphatic carbocycles. The molecular formula is C21H28N6. The molecule has 0 N–H and O–H groups in total. The van der Waals surface area contributed by atoms with Crippen molar-refractivity contribution < 1.29 is 0 Å². The van der Waals surface area contributed by atoms with Crippen molar-refractivity contribution in [2.45, 2.75) is 52.2 Å². The molecule has 142 valence electrons. The second-order valence-corrected chi connectivity index (χ2v) is 7.36. The van der Waals surface area contributed by atoms with Gasteiger partial charge in [0.15, 0.2) is 5.82 Å². The average molecular weight is 364 g/mol. The number of hydrogen-bond donors (Lipinski definition) is 0. The van der Waals surface area contributed by atoms with Crippen LogP contribution in [0.3, 0.4) is 0 Å². The third kappa shape index (κ3) is 3.95. The Bertz CT molecular complexity index is 858. The predicted molar refractivity (Wildman–Crippen MR) is 105 cm³/mol. The van der Waals surface area contributed by atoms with Crippen molar-refractivity contribution in [1.82, 2.24) is 29.2 Å². The van der Waals surface area contributed by atoms with Crippen LogP contribution in [0.5, 0.6) is 0 Å². The van der Waals surface area contributed by atoms with E-state index in [4.69, 9.17) is 0 Å². The molecule has 6 nitrogen and oxygen atoms in total. The van der Waals surface area contributed by atoms with E-state index in [1.54, 1.807) is 0 Å². The van der Waals surface area contributed by atoms with Gasteiger partial charge in [-0.15, -0.1) is 10.2 Å². The summed E-state index contributed by atoms with van der Waals surface area (Å²) in [6.45, 7) is 9.13. The summed E-state index contributed by atoms with van der Waals surface area (Å²) in [4.78, 5) is 6.86. The lowest BCUT2D eigenvalue weighted by molar-refractivity contribution is 0.200. The van der Waals surface area contributed by atoms with Crippen molar-refractivity contribution in [3.05, 3.63) is 65.8 Å². The largest absolute Gasteiger partial charge is 0.328 e. The van der Waals surface area contributed by atoms with Gasteiger partial charge in [0.05, 0.1) is 6.54 Å². The lowest BCUT2D eigenvalue weighted by Crippen LogP contribution is -2.33. The topological polar surface area (TPSA) is 51.8 Å². The summed E-state index contributed by atoms with van der Waals surface area (Å²) in [5, 5.41) is 9.11. The Kier molecular flexibility index (Phi) is 5.34. The first-order valence-electron chi connectivity index (χ1n) is 9.90. The zero-order valence-corrected chi connectivity index (χ0v) is 16.3. The quantitative estimate of drug-likeness (QED) is 0.674. The van der Waals surface area contributed by atoms with E-state index in [2.05, 4.69) is 66.5 Å². The lowest BCUT2D eigenvalue weighted by Gasteiger charge is -2.31. The minimum Gasteiger partial charge on any atom is -0.328 e. The molecule has 0 radical (unpaired) electrons. The Morgan fingerprint density at radius 1 is 1.04 bits per heavy atom. The molecule has 0 saturated carbocycles. The first kappa shape index (κ1) is 17.9. The van der Waals surface area contributed by atoms with Crippen LogP contribution in [0.4, 0.5) is 0 Å². The summed E-state index contributed by atoms with van der Waals surface area (Å²) in [6.07, 6.45) is 6.14. The minimum atomic E-state index is 0.502. The van der Waals surface area contributed by atoms with Crippen molar-refractivity contribution in [2.24, 2.45) is 0 Å². The van der Waals surface area contributed by atoms with Gasteiger partial charge in [-0.2, -0.15) is 0 Å². The normalized spacial score (nSPS) is 16.1. The predicted octanol–water partition coefficient (Wildman–Crippen LogP) is 3.23. The number of piperidine rings is 1. The first-order valence-corrected chi connectivity index (χ1v) is 9.90. The van der Waals surface area contributed by atoms with Crippen molar-refractivity contribution in [3.63, 3.8) is 0 Å². The highest BCUT2D eigenvalue weighted by molar-refractivity contribution is 5.15. The molecule has 1 saturated heterocycles. The summed E-state index contributed by atoms with van der Waals surface area (Å²) in [5.74, 6) is 3.70. The molecule has 0 bridgehead atoms. The molecule has 1 fully saturated rings. The van der Waals surface area contributed by atoms with E-state index in [-0.39, 0.29) is 0 Å². The molecule has 0 spiro atoms. The van der Waals surface area contributed by atoms with E-state index in [1.807, 2.05) is 19.3 Å². The van der Waals surface area contributed by atoms with E-state index in [1.165, 1.54) is 5.56 Å². The minimum absolute atomic E-state index is 0.502. The van der Waals surface area contributed by atoms with Crippen LogP contribution in [0.1, 0.15) is 48.7 Å². The molecule has 1 aliphatic rings. The number of hydrogen-bond acceptors (Lipinski definition) is 4. The molecule has 3 heterocycles. The van der Waals surface area contributed by atoms with E-state index in [0.717, 1.165) is 63.0 Å². The highest BCUT2D eigenvalue weighted by atomic mass is 15.3. The van der Waals surface area contributed by atoms with Gasteiger partial charge in [-0.25, -0.2) is 4.98 Å². The van der Waals surface area contributed by atoms with Crippen molar-refractivity contribution in [1.29, 1.82) is 0 Å². The third-order valence-corrected chi connectivity index (χ3v) is 5.61. The van der Waals surface area contributed by atoms with Crippen LogP contribution in [-0.2, 0) is 19.6 Å². The summed E-state index contributed by atoms with van der Waals surface area (Å²) >= 11 is 0. The van der Waals surface area contributed by atoms with Crippen LogP contribution in [-0.4, -0.2) is 42.3 Å². The lowest BCUT2D eigenvalue weighted by atomic mass is 9.95. The van der Waals surface area contributed by atoms with Crippen LogP contribution in [0.2, 0.25) is 0 Å². The summed E-state index contributed by atoms with van der Waals surface area (Å²) in [5.41, 5.74) is 1.39. The van der Waals surface area contributed by atoms with Gasteiger partial charge in [-0.05, 0) is 45.3 Å². The van der Waals surface area contributed by atoms with Crippen LogP contribution in [0, 0.1) is 6.92 Å². The first-order chi connectivity index (χ1) is 13.2. The number of rotatable bonds is 6. The molecule has 1 aromatic carbocycles. The number of nitrogens with zero attached hydrogens (tertiary/aromatic N) is 6. The fourth-order valence-corrected chi connectivity index (χ4v) is 4.03. The SMILES string of the molecule is CCn1c(Cn2ccnc2C)nnc1C1CCN(Cc2ccccc2)CC1. The maximum absolute atomic E-state index is 4.59. The van der Waals surface area contributed by atoms with Crippen LogP contribution >= 0.6 is 0 Å². The molecule has 0 amide bonds. The van der Waals surface area contributed by atoms with Gasteiger partial charge in [0.2, 0.25) is 0 Å². The maximum atomic E-state index is 4.59. The molecule has 1 aliphatic heterocycles. The van der Waals surface area contributed by atoms with Crippen molar-refractivity contribution >= 4 is 0 Å². The van der Waals surface area contributed by atoms with Gasteiger partial charge in [-0.1, -0.05) is 30.3 Å². The number of aryl methyl sites for hydroxylation is 1. The van der Waals surface area contributed by atoms with E-state index >= 15 is 0 Å². The molecule has 0 unspecified atom stereocenters. The summed E-state index contributed by atoms with van der Waals surface area (Å²) < 4.78 is 4.43. The fraction of sp³-hybridized carbons (Fsp3) is 0.476. The maximum Gasteiger partial charge on any atom is 0.153 e. The molecule has 0 atom stereocenters. The smallest absolute Gasteiger partial charge is 0.153 e. The van der Waals surface area contributed by atoms with Gasteiger partial charge in [-0.3, -0.25) is 4.90 Å². The van der Waals surface area contributed by atoms with Gasteiger partial charge in [0.25, 0.3) is 0 Å². The standard InChI is InChI=1S/C21H28N6/c1-3-27-20(16-26-14-11-22-17(26)2)23-24-21(27)19-9-12-25(13-10-19)15-18-7-5-4-6-8-18/h4-8,11,14,19H,3,9-10,12-13,15-16H2,1-2H3. The van der Waals surface area contributed by atoms with Crippen LogP contribution < -0.4 is 0 Å². The Balaban J connectivity index is 1.41. The zero-order chi connectivity index (χ0) is 18.6. The van der Waals surface area contributed by atoms with Gasteiger partial charge in [0, 0.05) is 31.4 Å². The molecule has 3 aromatic rings. The van der Waals surface area contributed by atoms with E-state index in [0.29, 0.717) is 5.92 Å². The second-order valence-electron chi connectivity index (χ2n) is 7.36. The highest BCUT2D eigenvalue weighted by Gasteiger charge is 2.26. The van der Waals surface area contributed by atoms with Crippen LogP contribution in [0.15, 0.2) is 42.7 Å². The summed E-state index contributed by atoms with van der Waals surface area (Å²) in [7, 11) is 0. The monoisotopic (exact) mass is 364 g/mol. The Morgan fingerprint density at radius 3 is 2.48 bits per heavy atom. The number of likely N-dealkylation sites (tertiary alicyclic amines) is 1. The van der Waals surface area contributed by atoms with Crippen molar-refractivity contribution in [2.75, 3.05) is 13.1 Å². The second kappa shape index (κ2) is 8.05. The van der Waals surface area contributed by atoms with Crippen molar-refractivity contribution in [3.8, 4) is 0 Å². The Labute approximate surface area is 160 Å². The molecule has 4 rings (SSSR count). The molecule has 27 heavy (non-hydrogen) atoms. The van der Waals surface area contributed by atoms with Gasteiger partial charge in [0.1, 0.15) is 11.6 Å². The number of aromatic nitrogens is 5. The van der Waals surface area contributed by atoms with Crippen LogP contribution in [0.25, 0.3) is 0 Å². The Morgan fingerprint density at radius 2 is 1.81 bits per heavy atom. The highest BCUT2D eigenvalue weighted by Crippen LogP contribution is 2.28. The zero-order valence-electron chi connectivity index (χ0n) is 16.3. The van der Waals surface area contributed by atoms with E-state index in [9.17, 15) is 0 Å². The third-order valence-electron chi connectivity index (χ3n) is 5.61. The molecule has 6 heteroatoms. The fourth-order valence-electron chi connectivity index (χ4n) is 4.03. The van der Waals surface area contributed by atoms with E-state index < -0.39 is 0 Å². The molecular weight excluding hydrogens is 336 g/mol. The summed E-state index contributed by atoms with van der Waals surface area (Å²) in [6, 6.07) is 10.7. The number of imidazole rings is 1. The average Bonchev–Trinajstić information content (AvgIpc) is 3.29.